The number of rotatable bonds is 15. The number of methoxy groups -OCH3 is 1. The van der Waals surface area contributed by atoms with Gasteiger partial charge in [0.05, 0.1) is 19.8 Å². The Morgan fingerprint density at radius 3 is 1.84 bits per heavy atom. The molecule has 0 aliphatic carbocycles. The van der Waals surface area contributed by atoms with Crippen LogP contribution in [0.1, 0.15) is 102 Å². The molecule has 2 aromatic carbocycles. The fourth-order valence-electron chi connectivity index (χ4n) is 4.88. The van der Waals surface area contributed by atoms with Crippen molar-refractivity contribution in [3.8, 4) is 11.5 Å². The highest BCUT2D eigenvalue weighted by Gasteiger charge is 2.32. The molecule has 0 aliphatic rings. The van der Waals surface area contributed by atoms with Gasteiger partial charge in [0.25, 0.3) is 0 Å². The lowest BCUT2D eigenvalue weighted by Crippen LogP contribution is -2.32. The molecule has 5 nitrogen and oxygen atoms in total. The molecule has 0 radical (unpaired) electrons. The maximum absolute atomic E-state index is 11.2. The Labute approximate surface area is 230 Å². The van der Waals surface area contributed by atoms with Crippen LogP contribution in [-0.2, 0) is 14.9 Å². The highest BCUT2D eigenvalue weighted by atomic mass is 16.5. The lowest BCUT2D eigenvalue weighted by atomic mass is 9.70. The Bertz CT molecular complexity index is 1020. The van der Waals surface area contributed by atoms with Crippen LogP contribution < -0.4 is 9.47 Å². The van der Waals surface area contributed by atoms with Gasteiger partial charge >= 0.3 is 5.97 Å². The number of hydrogen-bond acceptors (Lipinski definition) is 5. The summed E-state index contributed by atoms with van der Waals surface area (Å²) in [5, 5.41) is 10.4. The van der Waals surface area contributed by atoms with Crippen molar-refractivity contribution in [2.75, 3.05) is 20.3 Å². The lowest BCUT2D eigenvalue weighted by Gasteiger charge is -2.34. The Hall–Kier alpha value is -2.53. The molecule has 2 aromatic rings. The number of unbranched alkanes of at least 4 members (excludes halogenated alkanes) is 3. The van der Waals surface area contributed by atoms with Crippen LogP contribution >= 0.6 is 0 Å². The molecule has 1 unspecified atom stereocenters. The molecule has 0 spiro atoms. The van der Waals surface area contributed by atoms with Gasteiger partial charge in [-0.1, -0.05) is 71.7 Å². The molecular formula is C33H50O5. The molecule has 212 valence electrons. The maximum atomic E-state index is 11.2. The van der Waals surface area contributed by atoms with Gasteiger partial charge in [0.15, 0.2) is 0 Å². The zero-order valence-electron chi connectivity index (χ0n) is 25.0. The smallest absolute Gasteiger partial charge is 0.305 e. The molecule has 5 heteroatoms. The van der Waals surface area contributed by atoms with Crippen LogP contribution in [0.5, 0.6) is 11.5 Å². The summed E-state index contributed by atoms with van der Waals surface area (Å²) in [6, 6.07) is 13.1. The number of aliphatic hydroxyl groups excluding tert-OH is 1. The summed E-state index contributed by atoms with van der Waals surface area (Å²) >= 11 is 0. The summed E-state index contributed by atoms with van der Waals surface area (Å²) in [4.78, 5) is 11.2. The summed E-state index contributed by atoms with van der Waals surface area (Å²) < 4.78 is 16.8. The second kappa shape index (κ2) is 14.6. The van der Waals surface area contributed by atoms with Crippen LogP contribution in [0.3, 0.4) is 0 Å². The summed E-state index contributed by atoms with van der Waals surface area (Å²) in [6.45, 7) is 15.7. The van der Waals surface area contributed by atoms with Gasteiger partial charge in [-0.05, 0) is 79.3 Å². The molecule has 1 atom stereocenters. The van der Waals surface area contributed by atoms with Gasteiger partial charge in [0.2, 0.25) is 0 Å². The molecule has 0 saturated heterocycles. The first-order valence-electron chi connectivity index (χ1n) is 14.2. The Kier molecular flexibility index (Phi) is 12.2. The molecule has 0 saturated carbocycles. The van der Waals surface area contributed by atoms with Gasteiger partial charge in [-0.3, -0.25) is 4.79 Å². The predicted molar refractivity (Wildman–Crippen MR) is 155 cm³/mol. The van der Waals surface area contributed by atoms with Crippen molar-refractivity contribution in [1.29, 1.82) is 0 Å². The maximum Gasteiger partial charge on any atom is 0.305 e. The monoisotopic (exact) mass is 526 g/mol. The van der Waals surface area contributed by atoms with Gasteiger partial charge in [0.1, 0.15) is 18.1 Å². The topological polar surface area (TPSA) is 65.0 Å². The van der Waals surface area contributed by atoms with Crippen molar-refractivity contribution in [1.82, 2.24) is 0 Å². The molecule has 0 amide bonds. The number of ether oxygens (including phenoxy) is 3. The second-order valence-corrected chi connectivity index (χ2v) is 11.5. The van der Waals surface area contributed by atoms with Gasteiger partial charge in [0, 0.05) is 11.8 Å². The number of aryl methyl sites for hydroxylation is 2. The third-order valence-corrected chi connectivity index (χ3v) is 7.82. The molecule has 0 aliphatic heterocycles. The molecule has 2 rings (SSSR count). The van der Waals surface area contributed by atoms with E-state index in [-0.39, 0.29) is 23.4 Å². The quantitative estimate of drug-likeness (QED) is 0.190. The fraction of sp³-hybridized carbons (Fsp3) is 0.606. The van der Waals surface area contributed by atoms with E-state index in [0.29, 0.717) is 13.0 Å². The number of hydrogen-bond donors (Lipinski definition) is 1. The zero-order valence-corrected chi connectivity index (χ0v) is 25.0. The fourth-order valence-corrected chi connectivity index (χ4v) is 4.88. The van der Waals surface area contributed by atoms with Crippen molar-refractivity contribution in [2.45, 2.75) is 105 Å². The first kappa shape index (κ1) is 31.7. The van der Waals surface area contributed by atoms with Crippen molar-refractivity contribution in [3.63, 3.8) is 0 Å². The highest BCUT2D eigenvalue weighted by Crippen LogP contribution is 2.41. The first-order chi connectivity index (χ1) is 18.0. The normalized spacial score (nSPS) is 12.8. The van der Waals surface area contributed by atoms with E-state index in [4.69, 9.17) is 9.47 Å². The van der Waals surface area contributed by atoms with E-state index in [1.54, 1.807) is 0 Å². The SMILES string of the molecule is CCC(CC)(c1ccc(OCCCCCCC(=O)OC)c(C)c1)c1ccc(OCC(O)C(C)(C)C)c(C)c1. The summed E-state index contributed by atoms with van der Waals surface area (Å²) in [5.74, 6) is 1.62. The Balaban J connectivity index is 2.08. The van der Waals surface area contributed by atoms with Gasteiger partial charge < -0.3 is 19.3 Å². The number of esters is 1. The van der Waals surface area contributed by atoms with Crippen LogP contribution in [-0.4, -0.2) is 37.5 Å². The Morgan fingerprint density at radius 1 is 0.842 bits per heavy atom. The molecular weight excluding hydrogens is 476 g/mol. The standard InChI is InChI=1S/C33H50O5/c1-9-33(10-2,27-17-19-29(25(4)22-27)38-23-30(34)32(5,6)7)26-16-18-28(24(3)21-26)37-20-14-12-11-13-15-31(35)36-8/h16-19,21-22,30,34H,9-15,20,23H2,1-8H3. The van der Waals surface area contributed by atoms with E-state index >= 15 is 0 Å². The minimum absolute atomic E-state index is 0.100. The number of carbonyl (C=O) groups excluding carboxylic acids is 1. The number of carbonyl (C=O) groups is 1. The van der Waals surface area contributed by atoms with Crippen molar-refractivity contribution >= 4 is 5.97 Å². The van der Waals surface area contributed by atoms with Gasteiger partial charge in [-0.2, -0.15) is 0 Å². The molecule has 0 bridgehead atoms. The zero-order chi connectivity index (χ0) is 28.3. The molecule has 1 N–H and O–H groups in total. The average molecular weight is 527 g/mol. The predicted octanol–water partition coefficient (Wildman–Crippen LogP) is 7.70. The van der Waals surface area contributed by atoms with E-state index in [2.05, 4.69) is 68.8 Å². The second-order valence-electron chi connectivity index (χ2n) is 11.5. The van der Waals surface area contributed by atoms with Crippen LogP contribution in [0.4, 0.5) is 0 Å². The molecule has 0 heterocycles. The van der Waals surface area contributed by atoms with Crippen LogP contribution in [0.2, 0.25) is 0 Å². The van der Waals surface area contributed by atoms with E-state index < -0.39 is 6.10 Å². The number of benzene rings is 2. The van der Waals surface area contributed by atoms with Gasteiger partial charge in [-0.15, -0.1) is 0 Å². The number of aliphatic hydroxyl groups is 1. The van der Waals surface area contributed by atoms with Crippen molar-refractivity contribution < 1.29 is 24.1 Å². The summed E-state index contributed by atoms with van der Waals surface area (Å²) in [6.07, 6.45) is 5.81. The van der Waals surface area contributed by atoms with Crippen LogP contribution in [0.25, 0.3) is 0 Å². The molecule has 38 heavy (non-hydrogen) atoms. The largest absolute Gasteiger partial charge is 0.493 e. The van der Waals surface area contributed by atoms with E-state index in [1.165, 1.54) is 18.2 Å². The first-order valence-corrected chi connectivity index (χ1v) is 14.2. The summed E-state index contributed by atoms with van der Waals surface area (Å²) in [5.41, 5.74) is 4.49. The van der Waals surface area contributed by atoms with Crippen LogP contribution in [0.15, 0.2) is 36.4 Å². The van der Waals surface area contributed by atoms with E-state index in [0.717, 1.165) is 61.2 Å². The minimum atomic E-state index is -0.526. The van der Waals surface area contributed by atoms with E-state index in [1.807, 2.05) is 20.8 Å². The summed E-state index contributed by atoms with van der Waals surface area (Å²) in [7, 11) is 1.43. The van der Waals surface area contributed by atoms with Gasteiger partial charge in [-0.25, -0.2) is 0 Å². The van der Waals surface area contributed by atoms with Crippen molar-refractivity contribution in [2.24, 2.45) is 5.41 Å². The van der Waals surface area contributed by atoms with Crippen LogP contribution in [0, 0.1) is 19.3 Å². The van der Waals surface area contributed by atoms with Crippen molar-refractivity contribution in [3.05, 3.63) is 58.7 Å². The molecule has 0 fully saturated rings. The minimum Gasteiger partial charge on any atom is -0.493 e. The average Bonchev–Trinajstić information content (AvgIpc) is 2.88. The highest BCUT2D eigenvalue weighted by molar-refractivity contribution is 5.68. The lowest BCUT2D eigenvalue weighted by molar-refractivity contribution is -0.140. The Morgan fingerprint density at radius 2 is 1.37 bits per heavy atom. The molecule has 0 aromatic heterocycles. The third-order valence-electron chi connectivity index (χ3n) is 7.82. The third kappa shape index (κ3) is 8.49. The van der Waals surface area contributed by atoms with E-state index in [9.17, 15) is 9.90 Å².